The third kappa shape index (κ3) is 3.00. The van der Waals surface area contributed by atoms with Crippen molar-refractivity contribution in [3.63, 3.8) is 0 Å². The maximum atomic E-state index is 12.1. The van der Waals surface area contributed by atoms with E-state index in [9.17, 15) is 14.7 Å². The molecule has 2 saturated heterocycles. The van der Waals surface area contributed by atoms with Crippen molar-refractivity contribution >= 4 is 12.0 Å². The molecule has 0 aliphatic carbocycles. The highest BCUT2D eigenvalue weighted by atomic mass is 16.4. The Kier molecular flexibility index (Phi) is 4.29. The number of nitrogens with zero attached hydrogens (tertiary/aromatic N) is 2. The summed E-state index contributed by atoms with van der Waals surface area (Å²) >= 11 is 0. The summed E-state index contributed by atoms with van der Waals surface area (Å²) in [6, 6.07) is -0.249. The minimum absolute atomic E-state index is 0.249. The van der Waals surface area contributed by atoms with E-state index in [0.29, 0.717) is 19.5 Å². The number of carbonyl (C=O) groups is 2. The number of rotatable bonds is 4. The van der Waals surface area contributed by atoms with E-state index in [1.165, 1.54) is 17.7 Å². The number of nitrogens with one attached hydrogen (secondary N) is 1. The summed E-state index contributed by atoms with van der Waals surface area (Å²) in [5, 5.41) is 12.1. The smallest absolute Gasteiger partial charge is 0.329 e. The average Bonchev–Trinajstić information content (AvgIpc) is 2.99. The van der Waals surface area contributed by atoms with Crippen LogP contribution in [0.3, 0.4) is 0 Å². The number of carbonyl (C=O) groups excluding carboxylic acids is 1. The lowest BCUT2D eigenvalue weighted by molar-refractivity contribution is -0.147. The highest BCUT2D eigenvalue weighted by molar-refractivity contribution is 5.86. The molecule has 2 aliphatic heterocycles. The van der Waals surface area contributed by atoms with Gasteiger partial charge in [0.15, 0.2) is 0 Å². The molecule has 1 atom stereocenters. The Bertz CT molecular complexity index is 355. The maximum Gasteiger partial charge on any atom is 0.329 e. The van der Waals surface area contributed by atoms with Crippen molar-refractivity contribution in [3.05, 3.63) is 0 Å². The Morgan fingerprint density at radius 1 is 1.21 bits per heavy atom. The standard InChI is InChI=1S/C13H23N3O3/c1-13(11(17)18)5-4-9-16(13)12(19)14-6-10-15-7-2-3-8-15/h2-10H2,1H3,(H,14,19)(H,17,18). The number of likely N-dealkylation sites (tertiary alicyclic amines) is 2. The van der Waals surface area contributed by atoms with E-state index in [4.69, 9.17) is 0 Å². The zero-order valence-electron chi connectivity index (χ0n) is 11.5. The molecule has 0 spiro atoms. The Morgan fingerprint density at radius 3 is 2.53 bits per heavy atom. The fourth-order valence-electron chi connectivity index (χ4n) is 2.93. The van der Waals surface area contributed by atoms with Gasteiger partial charge in [0.25, 0.3) is 0 Å². The summed E-state index contributed by atoms with van der Waals surface area (Å²) in [5.41, 5.74) is -1.04. The quantitative estimate of drug-likeness (QED) is 0.789. The third-order valence-corrected chi connectivity index (χ3v) is 4.25. The number of urea groups is 1. The molecule has 2 N–H and O–H groups in total. The number of amides is 2. The van der Waals surface area contributed by atoms with Crippen LogP contribution in [0, 0.1) is 0 Å². The lowest BCUT2D eigenvalue weighted by atomic mass is 10.00. The number of aliphatic carboxylic acids is 1. The number of hydrogen-bond donors (Lipinski definition) is 2. The van der Waals surface area contributed by atoms with Gasteiger partial charge in [0, 0.05) is 19.6 Å². The van der Waals surface area contributed by atoms with E-state index < -0.39 is 11.5 Å². The van der Waals surface area contributed by atoms with E-state index in [-0.39, 0.29) is 6.03 Å². The monoisotopic (exact) mass is 269 g/mol. The van der Waals surface area contributed by atoms with Gasteiger partial charge < -0.3 is 20.2 Å². The van der Waals surface area contributed by atoms with E-state index in [1.54, 1.807) is 6.92 Å². The zero-order chi connectivity index (χ0) is 13.9. The number of hydrogen-bond acceptors (Lipinski definition) is 3. The average molecular weight is 269 g/mol. The molecule has 1 unspecified atom stereocenters. The molecule has 2 heterocycles. The summed E-state index contributed by atoms with van der Waals surface area (Å²) in [6.07, 6.45) is 3.75. The van der Waals surface area contributed by atoms with Gasteiger partial charge >= 0.3 is 12.0 Å². The summed E-state index contributed by atoms with van der Waals surface area (Å²) in [4.78, 5) is 27.1. The van der Waals surface area contributed by atoms with Crippen molar-refractivity contribution in [1.29, 1.82) is 0 Å². The van der Waals surface area contributed by atoms with Crippen LogP contribution in [0.2, 0.25) is 0 Å². The lowest BCUT2D eigenvalue weighted by Gasteiger charge is -2.31. The predicted octanol–water partition coefficient (Wildman–Crippen LogP) is 0.731. The highest BCUT2D eigenvalue weighted by Gasteiger charge is 2.45. The van der Waals surface area contributed by atoms with Crippen molar-refractivity contribution in [1.82, 2.24) is 15.1 Å². The first-order valence-corrected chi connectivity index (χ1v) is 7.05. The van der Waals surface area contributed by atoms with Gasteiger partial charge in [0.2, 0.25) is 0 Å². The first-order chi connectivity index (χ1) is 9.04. The normalized spacial score (nSPS) is 27.7. The second kappa shape index (κ2) is 5.77. The van der Waals surface area contributed by atoms with E-state index in [0.717, 1.165) is 26.1 Å². The van der Waals surface area contributed by atoms with Gasteiger partial charge in [-0.05, 0) is 45.7 Å². The zero-order valence-corrected chi connectivity index (χ0v) is 11.5. The number of carboxylic acid groups (broad SMARTS) is 1. The number of carboxylic acids is 1. The van der Waals surface area contributed by atoms with Gasteiger partial charge in [-0.2, -0.15) is 0 Å². The van der Waals surface area contributed by atoms with Gasteiger partial charge in [-0.25, -0.2) is 9.59 Å². The molecular formula is C13H23N3O3. The fraction of sp³-hybridized carbons (Fsp3) is 0.846. The van der Waals surface area contributed by atoms with Crippen LogP contribution in [0.15, 0.2) is 0 Å². The predicted molar refractivity (Wildman–Crippen MR) is 71.1 cm³/mol. The second-order valence-electron chi connectivity index (χ2n) is 5.61. The fourth-order valence-corrected chi connectivity index (χ4v) is 2.93. The molecule has 6 heteroatoms. The summed E-state index contributed by atoms with van der Waals surface area (Å²) in [6.45, 7) is 5.80. The molecule has 6 nitrogen and oxygen atoms in total. The molecule has 0 aromatic carbocycles. The molecule has 19 heavy (non-hydrogen) atoms. The highest BCUT2D eigenvalue weighted by Crippen LogP contribution is 2.29. The molecule has 2 amide bonds. The van der Waals surface area contributed by atoms with Crippen LogP contribution in [0.4, 0.5) is 4.79 Å². The van der Waals surface area contributed by atoms with Crippen LogP contribution in [-0.4, -0.2) is 65.2 Å². The molecule has 0 aromatic rings. The molecule has 108 valence electrons. The minimum atomic E-state index is -1.04. The van der Waals surface area contributed by atoms with Crippen LogP contribution in [0.25, 0.3) is 0 Å². The van der Waals surface area contributed by atoms with Gasteiger partial charge in [-0.15, -0.1) is 0 Å². The largest absolute Gasteiger partial charge is 0.480 e. The summed E-state index contributed by atoms with van der Waals surface area (Å²) in [5.74, 6) is -0.917. The summed E-state index contributed by atoms with van der Waals surface area (Å²) in [7, 11) is 0. The molecular weight excluding hydrogens is 246 g/mol. The van der Waals surface area contributed by atoms with Crippen molar-refractivity contribution in [2.24, 2.45) is 0 Å². The van der Waals surface area contributed by atoms with Crippen LogP contribution in [0.1, 0.15) is 32.6 Å². The molecule has 2 aliphatic rings. The topological polar surface area (TPSA) is 72.9 Å². The third-order valence-electron chi connectivity index (χ3n) is 4.25. The SMILES string of the molecule is CC1(C(=O)O)CCCN1C(=O)NCCN1CCCC1. The van der Waals surface area contributed by atoms with E-state index >= 15 is 0 Å². The molecule has 2 rings (SSSR count). The van der Waals surface area contributed by atoms with Crippen molar-refractivity contribution in [3.8, 4) is 0 Å². The molecule has 0 aromatic heterocycles. The Morgan fingerprint density at radius 2 is 1.89 bits per heavy atom. The first kappa shape index (κ1) is 14.1. The first-order valence-electron chi connectivity index (χ1n) is 7.05. The van der Waals surface area contributed by atoms with Crippen molar-refractivity contribution in [2.75, 3.05) is 32.7 Å². The van der Waals surface area contributed by atoms with Crippen LogP contribution < -0.4 is 5.32 Å². The second-order valence-corrected chi connectivity index (χ2v) is 5.61. The van der Waals surface area contributed by atoms with Crippen molar-refractivity contribution < 1.29 is 14.7 Å². The van der Waals surface area contributed by atoms with E-state index in [2.05, 4.69) is 10.2 Å². The van der Waals surface area contributed by atoms with Gasteiger partial charge in [-0.1, -0.05) is 0 Å². The van der Waals surface area contributed by atoms with Crippen LogP contribution >= 0.6 is 0 Å². The Balaban J connectivity index is 1.80. The summed E-state index contributed by atoms with van der Waals surface area (Å²) < 4.78 is 0. The Hall–Kier alpha value is -1.30. The van der Waals surface area contributed by atoms with Gasteiger partial charge in [0.1, 0.15) is 5.54 Å². The Labute approximate surface area is 113 Å². The van der Waals surface area contributed by atoms with Gasteiger partial charge in [-0.3, -0.25) is 0 Å². The molecule has 0 radical (unpaired) electrons. The molecule has 0 bridgehead atoms. The maximum absolute atomic E-state index is 12.1. The molecule has 0 saturated carbocycles. The minimum Gasteiger partial charge on any atom is -0.480 e. The van der Waals surface area contributed by atoms with Crippen LogP contribution in [0.5, 0.6) is 0 Å². The molecule has 2 fully saturated rings. The van der Waals surface area contributed by atoms with Crippen LogP contribution in [-0.2, 0) is 4.79 Å². The van der Waals surface area contributed by atoms with Gasteiger partial charge in [0.05, 0.1) is 0 Å². The lowest BCUT2D eigenvalue weighted by Crippen LogP contribution is -2.54. The van der Waals surface area contributed by atoms with E-state index in [1.807, 2.05) is 0 Å². The van der Waals surface area contributed by atoms with Crippen molar-refractivity contribution in [2.45, 2.75) is 38.1 Å².